The molecule has 1 fully saturated rings. The van der Waals surface area contributed by atoms with E-state index in [0.29, 0.717) is 12.2 Å². The first-order chi connectivity index (χ1) is 9.84. The largest absolute Gasteiger partial charge is 0.493 e. The van der Waals surface area contributed by atoms with Crippen molar-refractivity contribution < 1.29 is 27.8 Å². The molecule has 0 aliphatic heterocycles. The molecule has 0 unspecified atom stereocenters. The van der Waals surface area contributed by atoms with E-state index in [-0.39, 0.29) is 23.5 Å². The zero-order valence-electron chi connectivity index (χ0n) is 11.8. The Bertz CT molecular complexity index is 651. The first kappa shape index (κ1) is 15.6. The van der Waals surface area contributed by atoms with Crippen LogP contribution in [0.3, 0.4) is 0 Å². The number of hydrogen-bond acceptors (Lipinski definition) is 5. The number of ether oxygens (including phenoxy) is 2. The summed E-state index contributed by atoms with van der Waals surface area (Å²) in [4.78, 5) is 11.2. The summed E-state index contributed by atoms with van der Waals surface area (Å²) in [6, 6.07) is 4.11. The molecule has 1 saturated carbocycles. The van der Waals surface area contributed by atoms with Crippen LogP contribution in [-0.2, 0) is 14.8 Å². The fourth-order valence-corrected chi connectivity index (χ4v) is 3.62. The Morgan fingerprint density at radius 1 is 1.24 bits per heavy atom. The van der Waals surface area contributed by atoms with E-state index in [4.69, 9.17) is 9.47 Å². The number of carbonyl (C=O) groups is 1. The first-order valence-electron chi connectivity index (χ1n) is 6.34. The van der Waals surface area contributed by atoms with Crippen LogP contribution in [0.2, 0.25) is 0 Å². The van der Waals surface area contributed by atoms with Crippen LogP contribution in [0.1, 0.15) is 19.3 Å². The number of carboxylic acids is 1. The van der Waals surface area contributed by atoms with Crippen LogP contribution in [0.4, 0.5) is 0 Å². The molecule has 2 N–H and O–H groups in total. The minimum absolute atomic E-state index is 0.0623. The lowest BCUT2D eigenvalue weighted by Gasteiger charge is -2.37. The van der Waals surface area contributed by atoms with E-state index in [1.54, 1.807) is 0 Å². The second-order valence-electron chi connectivity index (χ2n) is 4.86. The highest BCUT2D eigenvalue weighted by Gasteiger charge is 2.47. The van der Waals surface area contributed by atoms with Gasteiger partial charge in [-0.05, 0) is 31.4 Å². The number of hydrogen-bond donors (Lipinski definition) is 2. The van der Waals surface area contributed by atoms with E-state index in [9.17, 15) is 18.3 Å². The molecule has 1 aromatic rings. The molecular weight excluding hydrogens is 298 g/mol. The van der Waals surface area contributed by atoms with E-state index in [0.717, 1.165) is 0 Å². The molecule has 0 atom stereocenters. The van der Waals surface area contributed by atoms with Crippen molar-refractivity contribution in [1.29, 1.82) is 0 Å². The van der Waals surface area contributed by atoms with Crippen molar-refractivity contribution in [2.75, 3.05) is 14.2 Å². The number of sulfonamides is 1. The SMILES string of the molecule is COc1ccc(S(=O)(=O)NC2(C(=O)O)CCC2)cc1OC. The lowest BCUT2D eigenvalue weighted by atomic mass is 9.78. The third kappa shape index (κ3) is 2.81. The third-order valence-corrected chi connectivity index (χ3v) is 5.15. The molecule has 0 aromatic heterocycles. The Balaban J connectivity index is 2.34. The minimum Gasteiger partial charge on any atom is -0.493 e. The second-order valence-corrected chi connectivity index (χ2v) is 6.55. The number of methoxy groups -OCH3 is 2. The number of benzene rings is 1. The predicted octanol–water partition coefficient (Wildman–Crippen LogP) is 0.989. The lowest BCUT2D eigenvalue weighted by molar-refractivity contribution is -0.147. The van der Waals surface area contributed by atoms with E-state index in [2.05, 4.69) is 4.72 Å². The summed E-state index contributed by atoms with van der Waals surface area (Å²) in [6.45, 7) is 0. The summed E-state index contributed by atoms with van der Waals surface area (Å²) in [5.74, 6) is -0.496. The molecule has 0 amide bonds. The van der Waals surface area contributed by atoms with Crippen LogP contribution in [-0.4, -0.2) is 39.3 Å². The van der Waals surface area contributed by atoms with Crippen molar-refractivity contribution in [3.63, 3.8) is 0 Å². The van der Waals surface area contributed by atoms with Crippen molar-refractivity contribution in [3.8, 4) is 11.5 Å². The molecule has 8 heteroatoms. The molecular formula is C13H17NO6S. The van der Waals surface area contributed by atoms with Gasteiger partial charge in [0, 0.05) is 6.07 Å². The third-order valence-electron chi connectivity index (χ3n) is 3.61. The van der Waals surface area contributed by atoms with Crippen LogP contribution in [0.5, 0.6) is 11.5 Å². The van der Waals surface area contributed by atoms with Gasteiger partial charge in [0.1, 0.15) is 5.54 Å². The molecule has 0 radical (unpaired) electrons. The molecule has 7 nitrogen and oxygen atoms in total. The maximum atomic E-state index is 12.3. The van der Waals surface area contributed by atoms with Crippen molar-refractivity contribution in [1.82, 2.24) is 4.72 Å². The second kappa shape index (κ2) is 5.53. The number of aliphatic carboxylic acids is 1. The number of carboxylic acid groups (broad SMARTS) is 1. The molecule has 0 saturated heterocycles. The van der Waals surface area contributed by atoms with Gasteiger partial charge >= 0.3 is 5.97 Å². The smallest absolute Gasteiger partial charge is 0.324 e. The summed E-state index contributed by atoms with van der Waals surface area (Å²) in [5, 5.41) is 9.21. The van der Waals surface area contributed by atoms with Gasteiger partial charge in [0.2, 0.25) is 10.0 Å². The molecule has 1 aliphatic carbocycles. The topological polar surface area (TPSA) is 102 Å². The van der Waals surface area contributed by atoms with Gasteiger partial charge in [-0.25, -0.2) is 8.42 Å². The quantitative estimate of drug-likeness (QED) is 0.811. The maximum absolute atomic E-state index is 12.3. The Labute approximate surface area is 122 Å². The van der Waals surface area contributed by atoms with Crippen molar-refractivity contribution in [2.24, 2.45) is 0 Å². The van der Waals surface area contributed by atoms with Gasteiger partial charge in [-0.2, -0.15) is 4.72 Å². The molecule has 0 heterocycles. The van der Waals surface area contributed by atoms with Crippen LogP contribution >= 0.6 is 0 Å². The zero-order valence-corrected chi connectivity index (χ0v) is 12.6. The van der Waals surface area contributed by atoms with Crippen LogP contribution in [0.15, 0.2) is 23.1 Å². The van der Waals surface area contributed by atoms with Gasteiger partial charge in [0.25, 0.3) is 0 Å². The van der Waals surface area contributed by atoms with Crippen LogP contribution in [0, 0.1) is 0 Å². The zero-order chi connectivity index (χ0) is 15.7. The monoisotopic (exact) mass is 315 g/mol. The molecule has 1 aromatic carbocycles. The van der Waals surface area contributed by atoms with E-state index in [1.165, 1.54) is 32.4 Å². The molecule has 1 aliphatic rings. The maximum Gasteiger partial charge on any atom is 0.324 e. The highest BCUT2D eigenvalue weighted by atomic mass is 32.2. The Morgan fingerprint density at radius 2 is 1.86 bits per heavy atom. The molecule has 116 valence electrons. The molecule has 0 bridgehead atoms. The minimum atomic E-state index is -3.95. The van der Waals surface area contributed by atoms with E-state index >= 15 is 0 Å². The van der Waals surface area contributed by atoms with Gasteiger partial charge in [-0.3, -0.25) is 4.79 Å². The molecule has 21 heavy (non-hydrogen) atoms. The Kier molecular flexibility index (Phi) is 4.11. The first-order valence-corrected chi connectivity index (χ1v) is 7.82. The Morgan fingerprint density at radius 3 is 2.29 bits per heavy atom. The van der Waals surface area contributed by atoms with Gasteiger partial charge in [-0.15, -0.1) is 0 Å². The van der Waals surface area contributed by atoms with Crippen LogP contribution < -0.4 is 14.2 Å². The predicted molar refractivity (Wildman–Crippen MR) is 74.1 cm³/mol. The number of rotatable bonds is 6. The average molecular weight is 315 g/mol. The van der Waals surface area contributed by atoms with Gasteiger partial charge in [0.05, 0.1) is 19.1 Å². The van der Waals surface area contributed by atoms with E-state index in [1.807, 2.05) is 0 Å². The molecule has 0 spiro atoms. The highest BCUT2D eigenvalue weighted by molar-refractivity contribution is 7.89. The van der Waals surface area contributed by atoms with E-state index < -0.39 is 21.5 Å². The summed E-state index contributed by atoms with van der Waals surface area (Å²) in [6.07, 6.45) is 1.25. The molecule has 2 rings (SSSR count). The van der Waals surface area contributed by atoms with Crippen molar-refractivity contribution in [2.45, 2.75) is 29.7 Å². The van der Waals surface area contributed by atoms with Gasteiger partial charge in [0.15, 0.2) is 11.5 Å². The standard InChI is InChI=1S/C13H17NO6S/c1-19-10-5-4-9(8-11(10)20-2)21(17,18)14-13(12(15)16)6-3-7-13/h4-5,8,14H,3,6-7H2,1-2H3,(H,15,16). The summed E-state index contributed by atoms with van der Waals surface area (Å²) in [7, 11) is -1.11. The van der Waals surface area contributed by atoms with Gasteiger partial charge < -0.3 is 14.6 Å². The highest BCUT2D eigenvalue weighted by Crippen LogP contribution is 2.35. The summed E-state index contributed by atoms with van der Waals surface area (Å²) >= 11 is 0. The summed E-state index contributed by atoms with van der Waals surface area (Å²) in [5.41, 5.74) is -1.40. The van der Waals surface area contributed by atoms with Gasteiger partial charge in [-0.1, -0.05) is 0 Å². The number of nitrogens with one attached hydrogen (secondary N) is 1. The fourth-order valence-electron chi connectivity index (χ4n) is 2.19. The van der Waals surface area contributed by atoms with Crippen LogP contribution in [0.25, 0.3) is 0 Å². The average Bonchev–Trinajstić information content (AvgIpc) is 2.41. The lowest BCUT2D eigenvalue weighted by Crippen LogP contribution is -2.58. The van der Waals surface area contributed by atoms with Crippen molar-refractivity contribution >= 4 is 16.0 Å². The normalized spacial score (nSPS) is 16.9. The fraction of sp³-hybridized carbons (Fsp3) is 0.462. The summed E-state index contributed by atoms with van der Waals surface area (Å²) < 4.78 is 37.1. The Hall–Kier alpha value is -1.80. The van der Waals surface area contributed by atoms with Crippen molar-refractivity contribution in [3.05, 3.63) is 18.2 Å².